The Morgan fingerprint density at radius 2 is 2.00 bits per heavy atom. The van der Waals surface area contributed by atoms with Crippen molar-refractivity contribution in [3.05, 3.63) is 43.8 Å². The van der Waals surface area contributed by atoms with Crippen LogP contribution in [0, 0.1) is 11.3 Å². The summed E-state index contributed by atoms with van der Waals surface area (Å²) in [6.45, 7) is 9.13. The van der Waals surface area contributed by atoms with Crippen molar-refractivity contribution in [2.75, 3.05) is 51.4 Å². The largest absolute Gasteiger partial charge is 0.494 e. The molecule has 0 aliphatic carbocycles. The Morgan fingerprint density at radius 1 is 1.26 bits per heavy atom. The summed E-state index contributed by atoms with van der Waals surface area (Å²) in [6.07, 6.45) is 2.53. The van der Waals surface area contributed by atoms with Gasteiger partial charge in [0.05, 0.1) is 26.4 Å². The third kappa shape index (κ3) is 6.70. The maximum Gasteiger partial charge on any atom is 0.351 e. The molecule has 0 atom stereocenters. The fourth-order valence-corrected chi connectivity index (χ4v) is 4.55. The number of esters is 1. The number of nitrogens with one attached hydrogen (secondary N) is 1. The van der Waals surface area contributed by atoms with Crippen LogP contribution in [0.4, 0.5) is 5.69 Å². The van der Waals surface area contributed by atoms with Crippen molar-refractivity contribution >= 4 is 34.8 Å². The zero-order chi connectivity index (χ0) is 24.3. The van der Waals surface area contributed by atoms with Gasteiger partial charge >= 0.3 is 5.97 Å². The molecule has 9 nitrogen and oxygen atoms in total. The average molecular weight is 487 g/mol. The number of rotatable bonds is 10. The number of anilines is 1. The predicted molar refractivity (Wildman–Crippen MR) is 131 cm³/mol. The van der Waals surface area contributed by atoms with Gasteiger partial charge in [0.1, 0.15) is 21.0 Å². The molecule has 2 heterocycles. The molecule has 182 valence electrons. The van der Waals surface area contributed by atoms with Gasteiger partial charge in [-0.3, -0.25) is 14.3 Å². The van der Waals surface area contributed by atoms with E-state index in [1.54, 1.807) is 20.0 Å². The highest BCUT2D eigenvalue weighted by Gasteiger charge is 2.16. The number of morpholine rings is 1. The number of nitrogens with zero attached hydrogens (tertiary/aromatic N) is 3. The van der Waals surface area contributed by atoms with Crippen LogP contribution in [-0.2, 0) is 20.8 Å². The third-order valence-corrected chi connectivity index (χ3v) is 6.37. The maximum absolute atomic E-state index is 12.8. The Balaban J connectivity index is 1.65. The molecule has 1 aliphatic rings. The minimum absolute atomic E-state index is 0.153. The summed E-state index contributed by atoms with van der Waals surface area (Å²) in [5.41, 5.74) is 0.348. The van der Waals surface area contributed by atoms with Gasteiger partial charge in [0.25, 0.3) is 5.56 Å². The molecule has 0 radical (unpaired) electrons. The van der Waals surface area contributed by atoms with Gasteiger partial charge in [-0.1, -0.05) is 0 Å². The molecule has 2 aromatic rings. The van der Waals surface area contributed by atoms with E-state index in [1.165, 1.54) is 4.57 Å². The number of nitriles is 1. The number of ether oxygens (including phenoxy) is 3. The second kappa shape index (κ2) is 12.9. The lowest BCUT2D eigenvalue weighted by molar-refractivity contribution is -0.136. The second-order valence-electron chi connectivity index (χ2n) is 7.50. The molecule has 0 amide bonds. The predicted octanol–water partition coefficient (Wildman–Crippen LogP) is 1.12. The van der Waals surface area contributed by atoms with Gasteiger partial charge in [-0.15, -0.1) is 11.3 Å². The van der Waals surface area contributed by atoms with E-state index < -0.39 is 5.97 Å². The molecule has 3 rings (SSSR count). The van der Waals surface area contributed by atoms with Gasteiger partial charge in [-0.2, -0.15) is 5.26 Å². The molecular weight excluding hydrogens is 456 g/mol. The van der Waals surface area contributed by atoms with Crippen molar-refractivity contribution in [1.29, 1.82) is 5.26 Å². The Bertz CT molecular complexity index is 1170. The van der Waals surface area contributed by atoms with E-state index in [2.05, 4.69) is 10.2 Å². The number of carbonyl (C=O) groups excluding carboxylic acids is 1. The topological polar surface area (TPSA) is 106 Å². The molecule has 0 saturated carbocycles. The number of hydrogen-bond donors (Lipinski definition) is 1. The molecule has 1 aromatic carbocycles. The van der Waals surface area contributed by atoms with E-state index in [0.717, 1.165) is 62.0 Å². The van der Waals surface area contributed by atoms with Crippen molar-refractivity contribution in [2.24, 2.45) is 0 Å². The Labute approximate surface area is 202 Å². The second-order valence-corrected chi connectivity index (χ2v) is 8.53. The first kappa shape index (κ1) is 25.5. The summed E-state index contributed by atoms with van der Waals surface area (Å²) in [7, 11) is 0. The number of carbonyl (C=O) groups is 1. The van der Waals surface area contributed by atoms with E-state index in [-0.39, 0.29) is 17.7 Å². The van der Waals surface area contributed by atoms with E-state index in [0.29, 0.717) is 22.3 Å². The van der Waals surface area contributed by atoms with Crippen molar-refractivity contribution in [2.45, 2.75) is 26.8 Å². The van der Waals surface area contributed by atoms with Crippen LogP contribution in [0.3, 0.4) is 0 Å². The smallest absolute Gasteiger partial charge is 0.351 e. The van der Waals surface area contributed by atoms with E-state index in [4.69, 9.17) is 14.2 Å². The van der Waals surface area contributed by atoms with Crippen molar-refractivity contribution < 1.29 is 19.0 Å². The van der Waals surface area contributed by atoms with E-state index in [9.17, 15) is 14.9 Å². The van der Waals surface area contributed by atoms with Crippen LogP contribution >= 0.6 is 11.3 Å². The minimum Gasteiger partial charge on any atom is -0.494 e. The van der Waals surface area contributed by atoms with Crippen molar-refractivity contribution in [3.63, 3.8) is 0 Å². The average Bonchev–Trinajstić information content (AvgIpc) is 3.17. The van der Waals surface area contributed by atoms with Crippen molar-refractivity contribution in [3.8, 4) is 11.8 Å². The van der Waals surface area contributed by atoms with Crippen LogP contribution < -0.4 is 24.8 Å². The lowest BCUT2D eigenvalue weighted by Crippen LogP contribution is -2.37. The highest BCUT2D eigenvalue weighted by atomic mass is 32.1. The van der Waals surface area contributed by atoms with Crippen LogP contribution in [-0.4, -0.2) is 61.5 Å². The van der Waals surface area contributed by atoms with Gasteiger partial charge in [0, 0.05) is 38.1 Å². The molecule has 1 fully saturated rings. The zero-order valence-electron chi connectivity index (χ0n) is 19.5. The summed E-state index contributed by atoms with van der Waals surface area (Å²) < 4.78 is 18.2. The zero-order valence-corrected chi connectivity index (χ0v) is 20.4. The number of hydrogen-bond acceptors (Lipinski definition) is 9. The van der Waals surface area contributed by atoms with Gasteiger partial charge < -0.3 is 19.5 Å². The first-order valence-corrected chi connectivity index (χ1v) is 12.2. The summed E-state index contributed by atoms with van der Waals surface area (Å²) >= 11 is 1.08. The number of benzene rings is 1. The van der Waals surface area contributed by atoms with Crippen LogP contribution in [0.2, 0.25) is 0 Å². The third-order valence-electron chi connectivity index (χ3n) is 5.24. The van der Waals surface area contributed by atoms with E-state index in [1.807, 2.05) is 30.3 Å². The minimum atomic E-state index is -0.728. The molecule has 0 bridgehead atoms. The molecule has 1 saturated heterocycles. The fourth-order valence-electron chi connectivity index (χ4n) is 3.48. The van der Waals surface area contributed by atoms with Gasteiger partial charge in [0.15, 0.2) is 5.57 Å². The quantitative estimate of drug-likeness (QED) is 0.393. The standard InChI is InChI=1S/C24H30N4O5S/c1-3-28-22(29)21(34-23(28)20(16-25)24(30)32-4-2)17-26-18-6-8-19(9-7-18)33-13-5-10-27-11-14-31-15-12-27/h6-9,17,26H,3-5,10-15H2,1-2H3. The molecule has 1 N–H and O–H groups in total. The normalized spacial score (nSPS) is 15.5. The highest BCUT2D eigenvalue weighted by Crippen LogP contribution is 2.16. The molecule has 34 heavy (non-hydrogen) atoms. The maximum atomic E-state index is 12.8. The summed E-state index contributed by atoms with van der Waals surface area (Å²) in [4.78, 5) is 27.2. The number of thiazole rings is 1. The van der Waals surface area contributed by atoms with Gasteiger partial charge in [-0.25, -0.2) is 4.79 Å². The monoisotopic (exact) mass is 486 g/mol. The summed E-state index contributed by atoms with van der Waals surface area (Å²) in [5.74, 6) is 0.0514. The molecular formula is C24H30N4O5S. The first-order chi connectivity index (χ1) is 16.6. The first-order valence-electron chi connectivity index (χ1n) is 11.4. The van der Waals surface area contributed by atoms with Crippen LogP contribution in [0.1, 0.15) is 20.3 Å². The fraction of sp³-hybridized carbons (Fsp3) is 0.458. The molecule has 1 aromatic heterocycles. The van der Waals surface area contributed by atoms with Crippen LogP contribution in [0.5, 0.6) is 5.75 Å². The van der Waals surface area contributed by atoms with Gasteiger partial charge in [0.2, 0.25) is 0 Å². The summed E-state index contributed by atoms with van der Waals surface area (Å²) in [5, 5.41) is 12.5. The molecule has 0 unspecified atom stereocenters. The number of aromatic nitrogens is 1. The summed E-state index contributed by atoms with van der Waals surface area (Å²) in [6, 6.07) is 9.35. The Kier molecular flexibility index (Phi) is 9.70. The van der Waals surface area contributed by atoms with E-state index >= 15 is 0 Å². The van der Waals surface area contributed by atoms with Crippen LogP contribution in [0.25, 0.3) is 11.8 Å². The SMILES string of the molecule is CCOC(=O)C(C#N)=c1sc(=CNc2ccc(OCCCN3CCOCC3)cc2)c(=O)n1CC. The molecule has 0 spiro atoms. The van der Waals surface area contributed by atoms with Crippen LogP contribution in [0.15, 0.2) is 29.1 Å². The lowest BCUT2D eigenvalue weighted by Gasteiger charge is -2.26. The molecule has 10 heteroatoms. The van der Waals surface area contributed by atoms with Crippen molar-refractivity contribution in [1.82, 2.24) is 9.47 Å². The highest BCUT2D eigenvalue weighted by molar-refractivity contribution is 7.07. The Hall–Kier alpha value is -3.13. The van der Waals surface area contributed by atoms with Gasteiger partial charge in [-0.05, 0) is 44.5 Å². The Morgan fingerprint density at radius 3 is 2.65 bits per heavy atom. The molecule has 1 aliphatic heterocycles. The lowest BCUT2D eigenvalue weighted by atomic mass is 10.3.